The summed E-state index contributed by atoms with van der Waals surface area (Å²) in [4.78, 5) is 0. The fourth-order valence-electron chi connectivity index (χ4n) is 1.99. The van der Waals surface area contributed by atoms with Crippen molar-refractivity contribution in [2.45, 2.75) is 6.92 Å². The number of nitrogens with zero attached hydrogens (tertiary/aromatic N) is 1. The number of anilines is 1. The molecule has 0 amide bonds. The molecule has 0 bridgehead atoms. The molecule has 2 aromatic carbocycles. The summed E-state index contributed by atoms with van der Waals surface area (Å²) < 4.78 is 10.7. The quantitative estimate of drug-likeness (QED) is 0.825. The average Bonchev–Trinajstić information content (AvgIpc) is 2.52. The Morgan fingerprint density at radius 3 is 2.48 bits per heavy atom. The minimum Gasteiger partial charge on any atom is -0.497 e. The van der Waals surface area contributed by atoms with Crippen LogP contribution < -0.4 is 14.8 Å². The highest BCUT2D eigenvalue weighted by atomic mass is 16.5. The molecule has 2 rings (SSSR count). The lowest BCUT2D eigenvalue weighted by atomic mass is 10.1. The van der Waals surface area contributed by atoms with E-state index in [-0.39, 0.29) is 0 Å². The monoisotopic (exact) mass is 282 g/mol. The van der Waals surface area contributed by atoms with Crippen molar-refractivity contribution in [1.82, 2.24) is 0 Å². The third-order valence-electron chi connectivity index (χ3n) is 3.13. The first-order valence-corrected chi connectivity index (χ1v) is 6.75. The van der Waals surface area contributed by atoms with Crippen LogP contribution in [0.1, 0.15) is 11.1 Å². The number of benzene rings is 2. The first-order valence-electron chi connectivity index (χ1n) is 6.75. The molecule has 0 unspecified atom stereocenters. The minimum absolute atomic E-state index is 0.519. The predicted molar refractivity (Wildman–Crippen MR) is 82.9 cm³/mol. The van der Waals surface area contributed by atoms with Crippen molar-refractivity contribution in [3.8, 4) is 17.6 Å². The van der Waals surface area contributed by atoms with Crippen molar-refractivity contribution in [3.63, 3.8) is 0 Å². The van der Waals surface area contributed by atoms with Gasteiger partial charge in [-0.25, -0.2) is 0 Å². The van der Waals surface area contributed by atoms with Gasteiger partial charge in [0.05, 0.1) is 18.4 Å². The van der Waals surface area contributed by atoms with Gasteiger partial charge in [-0.2, -0.15) is 5.26 Å². The zero-order valence-electron chi connectivity index (χ0n) is 12.2. The van der Waals surface area contributed by atoms with Gasteiger partial charge in [-0.15, -0.1) is 0 Å². The number of hydrogen-bond acceptors (Lipinski definition) is 4. The van der Waals surface area contributed by atoms with Crippen LogP contribution in [0.15, 0.2) is 42.5 Å². The second-order valence-corrected chi connectivity index (χ2v) is 4.56. The number of methoxy groups -OCH3 is 1. The molecule has 0 heterocycles. The Morgan fingerprint density at radius 2 is 1.81 bits per heavy atom. The number of hydrogen-bond donors (Lipinski definition) is 1. The summed E-state index contributed by atoms with van der Waals surface area (Å²) in [6, 6.07) is 15.4. The van der Waals surface area contributed by atoms with Crippen LogP contribution in [0.2, 0.25) is 0 Å². The smallest absolute Gasteiger partial charge is 0.119 e. The van der Waals surface area contributed by atoms with E-state index in [1.807, 2.05) is 49.4 Å². The van der Waals surface area contributed by atoms with E-state index in [0.717, 1.165) is 22.7 Å². The van der Waals surface area contributed by atoms with E-state index in [1.54, 1.807) is 7.11 Å². The highest BCUT2D eigenvalue weighted by Gasteiger charge is 2.03. The van der Waals surface area contributed by atoms with Crippen LogP contribution in [-0.2, 0) is 0 Å². The first-order chi connectivity index (χ1) is 10.2. The maximum atomic E-state index is 9.15. The van der Waals surface area contributed by atoms with Gasteiger partial charge in [0.15, 0.2) is 0 Å². The highest BCUT2D eigenvalue weighted by molar-refractivity contribution is 5.60. The lowest BCUT2D eigenvalue weighted by Crippen LogP contribution is -2.12. The number of rotatable bonds is 6. The second-order valence-electron chi connectivity index (χ2n) is 4.56. The number of aryl methyl sites for hydroxylation is 1. The Labute approximate surface area is 124 Å². The molecule has 0 aliphatic carbocycles. The molecule has 4 nitrogen and oxygen atoms in total. The summed E-state index contributed by atoms with van der Waals surface area (Å²) in [6.45, 7) is 3.08. The van der Waals surface area contributed by atoms with Gasteiger partial charge in [0.1, 0.15) is 24.2 Å². The molecule has 0 aliphatic heterocycles. The molecule has 0 radical (unpaired) electrons. The number of nitriles is 1. The zero-order valence-corrected chi connectivity index (χ0v) is 12.2. The molecule has 0 fully saturated rings. The van der Waals surface area contributed by atoms with E-state index in [2.05, 4.69) is 11.4 Å². The van der Waals surface area contributed by atoms with Crippen LogP contribution in [0.4, 0.5) is 5.69 Å². The molecule has 0 saturated carbocycles. The molecule has 108 valence electrons. The number of ether oxygens (including phenoxy) is 2. The highest BCUT2D eigenvalue weighted by Crippen LogP contribution is 2.19. The van der Waals surface area contributed by atoms with Gasteiger partial charge in [0.25, 0.3) is 0 Å². The summed E-state index contributed by atoms with van der Waals surface area (Å²) in [7, 11) is 1.63. The van der Waals surface area contributed by atoms with Gasteiger partial charge in [-0.3, -0.25) is 0 Å². The molecule has 0 saturated heterocycles. The van der Waals surface area contributed by atoms with Gasteiger partial charge < -0.3 is 14.8 Å². The fourth-order valence-corrected chi connectivity index (χ4v) is 1.99. The van der Waals surface area contributed by atoms with Crippen LogP contribution >= 0.6 is 0 Å². The van der Waals surface area contributed by atoms with Crippen molar-refractivity contribution < 1.29 is 9.47 Å². The summed E-state index contributed by atoms with van der Waals surface area (Å²) in [6.07, 6.45) is 0. The van der Waals surface area contributed by atoms with Crippen LogP contribution in [0.3, 0.4) is 0 Å². The molecule has 2 aromatic rings. The Balaban J connectivity index is 1.85. The van der Waals surface area contributed by atoms with E-state index < -0.39 is 0 Å². The van der Waals surface area contributed by atoms with E-state index in [0.29, 0.717) is 18.7 Å². The van der Waals surface area contributed by atoms with E-state index in [1.165, 1.54) is 0 Å². The number of nitrogens with one attached hydrogen (secondary N) is 1. The lowest BCUT2D eigenvalue weighted by Gasteiger charge is -2.11. The molecule has 21 heavy (non-hydrogen) atoms. The maximum absolute atomic E-state index is 9.15. The fraction of sp³-hybridized carbons (Fsp3) is 0.235. The predicted octanol–water partition coefficient (Wildman–Crippen LogP) is 3.37. The van der Waals surface area contributed by atoms with E-state index in [9.17, 15) is 0 Å². The minimum atomic E-state index is 0.519. The summed E-state index contributed by atoms with van der Waals surface area (Å²) in [5.74, 6) is 1.60. The standard InChI is InChI=1S/C17H18N2O2/c1-13-4-3-5-17(16(13)12-18)19-10-11-21-15-8-6-14(20-2)7-9-15/h3-9,19H,10-11H2,1-2H3. The molecular formula is C17H18N2O2. The van der Waals surface area contributed by atoms with Gasteiger partial charge in [0, 0.05) is 6.54 Å². The van der Waals surface area contributed by atoms with E-state index >= 15 is 0 Å². The molecular weight excluding hydrogens is 264 g/mol. The molecule has 0 spiro atoms. The van der Waals surface area contributed by atoms with Crippen molar-refractivity contribution in [2.75, 3.05) is 25.6 Å². The van der Waals surface area contributed by atoms with E-state index in [4.69, 9.17) is 14.7 Å². The van der Waals surface area contributed by atoms with Gasteiger partial charge >= 0.3 is 0 Å². The largest absolute Gasteiger partial charge is 0.497 e. The normalized spacial score (nSPS) is 9.76. The van der Waals surface area contributed by atoms with Gasteiger partial charge in [-0.1, -0.05) is 12.1 Å². The molecule has 0 aliphatic rings. The molecule has 0 atom stereocenters. The molecule has 1 N–H and O–H groups in total. The third kappa shape index (κ3) is 3.90. The summed E-state index contributed by atoms with van der Waals surface area (Å²) in [5, 5.41) is 12.4. The van der Waals surface area contributed by atoms with Crippen molar-refractivity contribution >= 4 is 5.69 Å². The zero-order chi connectivity index (χ0) is 15.1. The maximum Gasteiger partial charge on any atom is 0.119 e. The van der Waals surface area contributed by atoms with Crippen LogP contribution in [0.25, 0.3) is 0 Å². The van der Waals surface area contributed by atoms with Gasteiger partial charge in [0.2, 0.25) is 0 Å². The Kier molecular flexibility index (Phi) is 5.05. The molecule has 0 aromatic heterocycles. The van der Waals surface area contributed by atoms with Gasteiger partial charge in [-0.05, 0) is 42.8 Å². The molecule has 4 heteroatoms. The Bertz CT molecular complexity index is 630. The first kappa shape index (κ1) is 14.7. The summed E-state index contributed by atoms with van der Waals surface area (Å²) in [5.41, 5.74) is 2.50. The van der Waals surface area contributed by atoms with Crippen LogP contribution in [0, 0.1) is 18.3 Å². The summed E-state index contributed by atoms with van der Waals surface area (Å²) >= 11 is 0. The lowest BCUT2D eigenvalue weighted by molar-refractivity contribution is 0.332. The van der Waals surface area contributed by atoms with Crippen LogP contribution in [-0.4, -0.2) is 20.3 Å². The Hall–Kier alpha value is -2.67. The van der Waals surface area contributed by atoms with Crippen molar-refractivity contribution in [2.24, 2.45) is 0 Å². The SMILES string of the molecule is COc1ccc(OCCNc2cccc(C)c2C#N)cc1. The van der Waals surface area contributed by atoms with Crippen molar-refractivity contribution in [3.05, 3.63) is 53.6 Å². The third-order valence-corrected chi connectivity index (χ3v) is 3.13. The second kappa shape index (κ2) is 7.20. The topological polar surface area (TPSA) is 54.3 Å². The van der Waals surface area contributed by atoms with Crippen LogP contribution in [0.5, 0.6) is 11.5 Å². The average molecular weight is 282 g/mol. The Morgan fingerprint density at radius 1 is 1.10 bits per heavy atom. The van der Waals surface area contributed by atoms with Crippen molar-refractivity contribution in [1.29, 1.82) is 5.26 Å².